The van der Waals surface area contributed by atoms with Gasteiger partial charge in [-0.2, -0.15) is 0 Å². The Kier molecular flexibility index (Phi) is 2.94. The maximum absolute atomic E-state index is 4.43. The van der Waals surface area contributed by atoms with Crippen molar-refractivity contribution in [1.29, 1.82) is 0 Å². The lowest BCUT2D eigenvalue weighted by Gasteiger charge is -2.45. The quantitative estimate of drug-likeness (QED) is 0.689. The first-order chi connectivity index (χ1) is 7.70. The molecular formula is C12H23N3S. The van der Waals surface area contributed by atoms with Crippen LogP contribution >= 0.6 is 12.8 Å². The third-order valence-electron chi connectivity index (χ3n) is 4.81. The second-order valence-corrected chi connectivity index (χ2v) is 6.37. The van der Waals surface area contributed by atoms with Gasteiger partial charge in [-0.05, 0) is 32.7 Å². The van der Waals surface area contributed by atoms with Crippen LogP contribution in [0.1, 0.15) is 25.7 Å². The normalized spacial score (nSPS) is 33.4. The predicted octanol–water partition coefficient (Wildman–Crippen LogP) is 1.08. The van der Waals surface area contributed by atoms with E-state index >= 15 is 0 Å². The molecule has 2 heterocycles. The average molecular weight is 241 g/mol. The molecule has 16 heavy (non-hydrogen) atoms. The molecule has 92 valence electrons. The maximum Gasteiger partial charge on any atom is 0.0335 e. The largest absolute Gasteiger partial charge is 0.298 e. The van der Waals surface area contributed by atoms with Crippen molar-refractivity contribution in [2.45, 2.75) is 37.3 Å². The van der Waals surface area contributed by atoms with E-state index in [4.69, 9.17) is 0 Å². The Bertz CT molecular complexity index is 259. The minimum Gasteiger partial charge on any atom is -0.298 e. The molecule has 0 aromatic rings. The minimum absolute atomic E-state index is 0.580. The van der Waals surface area contributed by atoms with Crippen LogP contribution in [0.2, 0.25) is 0 Å². The van der Waals surface area contributed by atoms with Gasteiger partial charge in [0.15, 0.2) is 0 Å². The molecule has 3 nitrogen and oxygen atoms in total. The molecule has 3 fully saturated rings. The van der Waals surface area contributed by atoms with Crippen LogP contribution in [0, 0.1) is 0 Å². The topological polar surface area (TPSA) is 9.72 Å². The first-order valence-corrected chi connectivity index (χ1v) is 6.99. The summed E-state index contributed by atoms with van der Waals surface area (Å²) in [6.07, 6.45) is 5.46. The van der Waals surface area contributed by atoms with Gasteiger partial charge in [-0.1, -0.05) is 12.8 Å². The molecule has 1 spiro atoms. The maximum atomic E-state index is 4.43. The smallest absolute Gasteiger partial charge is 0.0335 e. The first kappa shape index (κ1) is 11.3. The third kappa shape index (κ3) is 2.01. The summed E-state index contributed by atoms with van der Waals surface area (Å²) in [6.45, 7) is 6.18. The zero-order valence-electron chi connectivity index (χ0n) is 10.2. The monoisotopic (exact) mass is 241 g/mol. The van der Waals surface area contributed by atoms with E-state index in [2.05, 4.69) is 34.0 Å². The molecule has 1 aliphatic carbocycles. The van der Waals surface area contributed by atoms with Crippen molar-refractivity contribution < 1.29 is 0 Å². The van der Waals surface area contributed by atoms with E-state index in [1.54, 1.807) is 0 Å². The molecule has 0 aromatic heterocycles. The molecule has 0 N–H and O–H groups in total. The van der Waals surface area contributed by atoms with Gasteiger partial charge in [-0.15, -0.1) is 0 Å². The average Bonchev–Trinajstić information content (AvgIpc) is 3.05. The molecule has 1 saturated carbocycles. The molecule has 4 heteroatoms. The van der Waals surface area contributed by atoms with E-state index in [0.29, 0.717) is 5.54 Å². The van der Waals surface area contributed by atoms with Crippen molar-refractivity contribution in [2.24, 2.45) is 0 Å². The summed E-state index contributed by atoms with van der Waals surface area (Å²) in [6, 6.07) is 0.828. The Morgan fingerprint density at radius 1 is 1.06 bits per heavy atom. The number of thiol groups is 1. The molecule has 2 aliphatic heterocycles. The fourth-order valence-corrected chi connectivity index (χ4v) is 3.54. The molecule has 0 radical (unpaired) electrons. The zero-order valence-corrected chi connectivity index (χ0v) is 11.1. The van der Waals surface area contributed by atoms with Gasteiger partial charge < -0.3 is 0 Å². The second kappa shape index (κ2) is 4.16. The van der Waals surface area contributed by atoms with Gasteiger partial charge in [0, 0.05) is 44.3 Å². The van der Waals surface area contributed by atoms with Crippen molar-refractivity contribution in [1.82, 2.24) is 14.1 Å². The van der Waals surface area contributed by atoms with Crippen LogP contribution in [-0.2, 0) is 0 Å². The molecule has 0 bridgehead atoms. The Morgan fingerprint density at radius 3 is 2.38 bits per heavy atom. The zero-order chi connectivity index (χ0) is 11.2. The number of rotatable bonds is 1. The van der Waals surface area contributed by atoms with Crippen molar-refractivity contribution in [3.8, 4) is 0 Å². The lowest BCUT2D eigenvalue weighted by atomic mass is 10.0. The fourth-order valence-electron chi connectivity index (χ4n) is 3.31. The SMILES string of the molecule is CN1CCN(C2CCN(S)CC2)CC12CC2. The number of nitrogens with zero attached hydrogens (tertiary/aromatic N) is 3. The lowest BCUT2D eigenvalue weighted by molar-refractivity contribution is 0.0361. The van der Waals surface area contributed by atoms with E-state index in [1.807, 2.05) is 0 Å². The predicted molar refractivity (Wildman–Crippen MR) is 69.7 cm³/mol. The van der Waals surface area contributed by atoms with E-state index in [0.717, 1.165) is 19.1 Å². The highest BCUT2D eigenvalue weighted by atomic mass is 32.1. The van der Waals surface area contributed by atoms with Crippen LogP contribution in [0.4, 0.5) is 0 Å². The number of hydrogen-bond donors (Lipinski definition) is 1. The summed E-state index contributed by atoms with van der Waals surface area (Å²) in [5.41, 5.74) is 0.580. The summed E-state index contributed by atoms with van der Waals surface area (Å²) in [5.74, 6) is 0. The van der Waals surface area contributed by atoms with Gasteiger partial charge in [0.1, 0.15) is 0 Å². The van der Waals surface area contributed by atoms with Crippen molar-refractivity contribution in [3.05, 3.63) is 0 Å². The van der Waals surface area contributed by atoms with Crippen LogP contribution in [0.25, 0.3) is 0 Å². The summed E-state index contributed by atoms with van der Waals surface area (Å²) in [7, 11) is 2.31. The molecule has 3 aliphatic rings. The molecule has 3 rings (SSSR count). The van der Waals surface area contributed by atoms with E-state index in [1.165, 1.54) is 45.3 Å². The first-order valence-electron chi connectivity index (χ1n) is 6.59. The molecule has 0 atom stereocenters. The highest BCUT2D eigenvalue weighted by Gasteiger charge is 2.50. The molecule has 0 amide bonds. The van der Waals surface area contributed by atoms with Crippen molar-refractivity contribution in [2.75, 3.05) is 39.8 Å². The van der Waals surface area contributed by atoms with Gasteiger partial charge in [0.05, 0.1) is 0 Å². The Hall–Kier alpha value is 0.230. The minimum atomic E-state index is 0.580. The van der Waals surface area contributed by atoms with Crippen LogP contribution in [-0.4, -0.2) is 65.5 Å². The summed E-state index contributed by atoms with van der Waals surface area (Å²) in [4.78, 5) is 5.35. The standard InChI is InChI=1S/C12H23N3S/c1-13-8-9-14(10-12(13)4-5-12)11-2-6-15(16)7-3-11/h11,16H,2-10H2,1H3. The Morgan fingerprint density at radius 2 is 1.75 bits per heavy atom. The highest BCUT2D eigenvalue weighted by molar-refractivity contribution is 7.77. The van der Waals surface area contributed by atoms with Gasteiger partial charge in [0.2, 0.25) is 0 Å². The Balaban J connectivity index is 1.59. The third-order valence-corrected chi connectivity index (χ3v) is 5.21. The van der Waals surface area contributed by atoms with E-state index in [-0.39, 0.29) is 0 Å². The van der Waals surface area contributed by atoms with Crippen LogP contribution < -0.4 is 0 Å². The molecule has 0 aromatic carbocycles. The summed E-state index contributed by atoms with van der Waals surface area (Å²) >= 11 is 4.43. The van der Waals surface area contributed by atoms with Gasteiger partial charge in [-0.25, -0.2) is 0 Å². The van der Waals surface area contributed by atoms with Gasteiger partial charge >= 0.3 is 0 Å². The lowest BCUT2D eigenvalue weighted by Crippen LogP contribution is -2.57. The van der Waals surface area contributed by atoms with Crippen molar-refractivity contribution >= 4 is 12.8 Å². The molecular weight excluding hydrogens is 218 g/mol. The van der Waals surface area contributed by atoms with Crippen LogP contribution in [0.5, 0.6) is 0 Å². The highest BCUT2D eigenvalue weighted by Crippen LogP contribution is 2.44. The summed E-state index contributed by atoms with van der Waals surface area (Å²) in [5, 5.41) is 0. The van der Waals surface area contributed by atoms with Gasteiger partial charge in [-0.3, -0.25) is 14.1 Å². The molecule has 2 saturated heterocycles. The Labute approximate surface area is 104 Å². The van der Waals surface area contributed by atoms with Crippen LogP contribution in [0.3, 0.4) is 0 Å². The number of likely N-dealkylation sites (N-methyl/N-ethyl adjacent to an activating group) is 1. The second-order valence-electron chi connectivity index (χ2n) is 5.80. The van der Waals surface area contributed by atoms with Crippen molar-refractivity contribution in [3.63, 3.8) is 0 Å². The number of piperidine rings is 1. The molecule has 0 unspecified atom stereocenters. The number of piperazine rings is 1. The number of hydrogen-bond acceptors (Lipinski definition) is 4. The van der Waals surface area contributed by atoms with Gasteiger partial charge in [0.25, 0.3) is 0 Å². The van der Waals surface area contributed by atoms with E-state index < -0.39 is 0 Å². The van der Waals surface area contributed by atoms with E-state index in [9.17, 15) is 0 Å². The fraction of sp³-hybridized carbons (Fsp3) is 1.00. The summed E-state index contributed by atoms with van der Waals surface area (Å²) < 4.78 is 2.17. The van der Waals surface area contributed by atoms with Crippen LogP contribution in [0.15, 0.2) is 0 Å².